The zero-order valence-corrected chi connectivity index (χ0v) is 39.2. The van der Waals surface area contributed by atoms with E-state index >= 15 is 0 Å². The van der Waals surface area contributed by atoms with Crippen molar-refractivity contribution < 1.29 is 99.0 Å². The van der Waals surface area contributed by atoms with Gasteiger partial charge in [0.1, 0.15) is 36.6 Å². The second-order valence-electron chi connectivity index (χ2n) is 16.2. The van der Waals surface area contributed by atoms with Crippen LogP contribution in [-0.2, 0) is 102 Å². The van der Waals surface area contributed by atoms with E-state index in [2.05, 4.69) is 8.92 Å². The summed E-state index contributed by atoms with van der Waals surface area (Å²) >= 11 is 0. The zero-order valence-electron chi connectivity index (χ0n) is 37.6. The van der Waals surface area contributed by atoms with Crippen LogP contribution in [0.5, 0.6) is 0 Å². The predicted molar refractivity (Wildman–Crippen MR) is 231 cm³/mol. The van der Waals surface area contributed by atoms with Gasteiger partial charge in [0.25, 0.3) is 0 Å². The van der Waals surface area contributed by atoms with E-state index in [1.807, 2.05) is 0 Å². The van der Waals surface area contributed by atoms with Gasteiger partial charge in [0, 0.05) is 0 Å². The Bertz CT molecular complexity index is 2470. The van der Waals surface area contributed by atoms with Crippen LogP contribution < -0.4 is 0 Å². The summed E-state index contributed by atoms with van der Waals surface area (Å²) in [6, 6.07) is 33.8. The number of alkyl halides is 6. The number of esters is 1. The Morgan fingerprint density at radius 1 is 0.614 bits per heavy atom. The molecule has 16 nitrogen and oxygen atoms in total. The number of benzene rings is 4. The number of ether oxygens (including phenoxy) is 9. The molecule has 24 heteroatoms. The highest BCUT2D eigenvalue weighted by molar-refractivity contribution is 7.87. The molecule has 0 amide bonds. The molecule has 9 atom stereocenters. The Morgan fingerprint density at radius 2 is 1.06 bits per heavy atom. The highest BCUT2D eigenvalue weighted by atomic mass is 32.2. The van der Waals surface area contributed by atoms with Crippen LogP contribution in [0, 0.1) is 0 Å². The van der Waals surface area contributed by atoms with Gasteiger partial charge < -0.3 is 42.6 Å². The van der Waals surface area contributed by atoms with Gasteiger partial charge in [-0.1, -0.05) is 121 Å². The molecular weight excluding hydrogens is 987 g/mol. The van der Waals surface area contributed by atoms with E-state index in [0.29, 0.717) is 22.3 Å². The third kappa shape index (κ3) is 14.8. The first kappa shape index (κ1) is 54.8. The topological polar surface area (TPSA) is 187 Å². The minimum Gasteiger partial charge on any atom is -0.467 e. The fraction of sp³-hybridized carbons (Fsp3) is 0.457. The number of hydrogen-bond acceptors (Lipinski definition) is 16. The van der Waals surface area contributed by atoms with E-state index in [4.69, 9.17) is 42.1 Å². The van der Waals surface area contributed by atoms with Crippen LogP contribution in [0.25, 0.3) is 0 Å². The van der Waals surface area contributed by atoms with Crippen molar-refractivity contribution in [2.24, 2.45) is 0 Å². The molecule has 2 aliphatic heterocycles. The summed E-state index contributed by atoms with van der Waals surface area (Å²) in [7, 11) is -12.4. The molecule has 0 aromatic heterocycles. The summed E-state index contributed by atoms with van der Waals surface area (Å²) in [6.45, 7) is 0.444. The molecule has 384 valence electrons. The van der Waals surface area contributed by atoms with Crippen molar-refractivity contribution in [2.45, 2.75) is 112 Å². The third-order valence-corrected chi connectivity index (χ3v) is 12.6. The second-order valence-corrected chi connectivity index (χ2v) is 19.3. The van der Waals surface area contributed by atoms with Crippen molar-refractivity contribution in [1.29, 1.82) is 0 Å². The van der Waals surface area contributed by atoms with Crippen LogP contribution >= 0.6 is 0 Å². The standard InChI is InChI=1S/C46H50F6O16S2/c1-44(2)65-37(39(66-44)40(42(53)58-3)67-69(54,55)45(47,48)49)35(29-60-25-31-18-10-5-11-19-31)64-43-41(68-70(56,57)46(50,51)52)38(62-27-33-22-14-7-15-23-33)36(61-26-32-20-12-6-13-21-32)34(63-43)28-59-24-30-16-8-4-9-17-30/h4-23,34-41,43H,24-29H2,1-3H3/t34-,35?,36-,37-,38+,39+,40+,41-,43+/m1/s1. The quantitative estimate of drug-likeness (QED) is 0.0324. The van der Waals surface area contributed by atoms with Gasteiger partial charge in [0.05, 0.1) is 46.8 Å². The molecule has 0 bridgehead atoms. The van der Waals surface area contributed by atoms with Gasteiger partial charge in [-0.2, -0.15) is 43.2 Å². The lowest BCUT2D eigenvalue weighted by Crippen LogP contribution is -2.64. The maximum atomic E-state index is 14.4. The van der Waals surface area contributed by atoms with Crippen molar-refractivity contribution in [1.82, 2.24) is 0 Å². The zero-order chi connectivity index (χ0) is 50.7. The third-order valence-electron chi connectivity index (χ3n) is 10.6. The SMILES string of the molecule is COC(=O)[C@@H](OS(=O)(=O)C(F)(F)F)[C@H]1OC(C)(C)O[C@@H]1C(COCc1ccccc1)O[C@@H]1O[C@H](COCc2ccccc2)[C@@H](OCc2ccccc2)[C@H](OCc2ccccc2)[C@H]1OS(=O)(=O)C(F)(F)F. The number of methoxy groups -OCH3 is 1. The molecule has 2 saturated heterocycles. The minimum absolute atomic E-state index is 0.0364. The number of rotatable bonds is 23. The van der Waals surface area contributed by atoms with Gasteiger partial charge in [-0.25, -0.2) is 8.98 Å². The summed E-state index contributed by atoms with van der Waals surface area (Å²) in [5.41, 5.74) is -9.80. The Morgan fingerprint density at radius 3 is 1.53 bits per heavy atom. The summed E-state index contributed by atoms with van der Waals surface area (Å²) in [5, 5.41) is 0. The highest BCUT2D eigenvalue weighted by Gasteiger charge is 2.60. The molecule has 0 aliphatic carbocycles. The maximum absolute atomic E-state index is 14.4. The van der Waals surface area contributed by atoms with Crippen LogP contribution in [0.2, 0.25) is 0 Å². The molecule has 0 saturated carbocycles. The van der Waals surface area contributed by atoms with Crippen molar-refractivity contribution in [3.63, 3.8) is 0 Å². The van der Waals surface area contributed by atoms with Gasteiger partial charge in [-0.3, -0.25) is 4.18 Å². The molecule has 4 aromatic rings. The molecule has 0 spiro atoms. The minimum atomic E-state index is -6.58. The smallest absolute Gasteiger partial charge is 0.467 e. The second kappa shape index (κ2) is 23.8. The maximum Gasteiger partial charge on any atom is 0.523 e. The average Bonchev–Trinajstić information content (AvgIpc) is 3.64. The summed E-state index contributed by atoms with van der Waals surface area (Å²) < 4.78 is 199. The molecule has 2 aliphatic rings. The summed E-state index contributed by atoms with van der Waals surface area (Å²) in [5.74, 6) is -3.59. The van der Waals surface area contributed by atoms with Crippen molar-refractivity contribution >= 4 is 26.2 Å². The van der Waals surface area contributed by atoms with Crippen LogP contribution in [0.3, 0.4) is 0 Å². The Hall–Kier alpha value is -4.57. The van der Waals surface area contributed by atoms with Gasteiger partial charge in [-0.05, 0) is 36.1 Å². The van der Waals surface area contributed by atoms with Crippen LogP contribution in [0.4, 0.5) is 26.3 Å². The Labute approximate surface area is 400 Å². The molecule has 1 unspecified atom stereocenters. The van der Waals surface area contributed by atoms with E-state index in [1.54, 1.807) is 121 Å². The van der Waals surface area contributed by atoms with E-state index in [-0.39, 0.29) is 26.4 Å². The predicted octanol–water partition coefficient (Wildman–Crippen LogP) is 6.86. The largest absolute Gasteiger partial charge is 0.523 e. The molecule has 2 heterocycles. The fourth-order valence-electron chi connectivity index (χ4n) is 7.34. The average molecular weight is 1040 g/mol. The fourth-order valence-corrected chi connectivity index (χ4v) is 8.51. The van der Waals surface area contributed by atoms with Crippen LogP contribution in [0.1, 0.15) is 36.1 Å². The number of halogens is 6. The van der Waals surface area contributed by atoms with Crippen molar-refractivity contribution in [3.05, 3.63) is 144 Å². The molecule has 0 radical (unpaired) electrons. The summed E-state index contributed by atoms with van der Waals surface area (Å²) in [6.07, 6.45) is -18.4. The molecule has 2 fully saturated rings. The van der Waals surface area contributed by atoms with E-state index in [0.717, 1.165) is 7.11 Å². The lowest BCUT2D eigenvalue weighted by Gasteiger charge is -2.46. The van der Waals surface area contributed by atoms with Gasteiger partial charge >= 0.3 is 37.2 Å². The first-order chi connectivity index (χ1) is 33.1. The number of hydrogen-bond donors (Lipinski definition) is 0. The lowest BCUT2D eigenvalue weighted by atomic mass is 9.97. The van der Waals surface area contributed by atoms with E-state index in [9.17, 15) is 48.0 Å². The molecule has 4 aromatic carbocycles. The first-order valence-corrected chi connectivity index (χ1v) is 24.2. The summed E-state index contributed by atoms with van der Waals surface area (Å²) in [4.78, 5) is 13.2. The molecule has 70 heavy (non-hydrogen) atoms. The van der Waals surface area contributed by atoms with Crippen molar-refractivity contribution in [3.8, 4) is 0 Å². The van der Waals surface area contributed by atoms with Crippen LogP contribution in [0.15, 0.2) is 121 Å². The van der Waals surface area contributed by atoms with E-state index < -0.39 is 111 Å². The normalized spacial score (nSPS) is 23.9. The van der Waals surface area contributed by atoms with Gasteiger partial charge in [0.15, 0.2) is 18.2 Å². The number of carbonyl (C=O) groups excluding carboxylic acids is 1. The molecule has 6 rings (SSSR count). The Balaban J connectivity index is 1.47. The monoisotopic (exact) mass is 1040 g/mol. The number of carbonyl (C=O) groups is 1. The Kier molecular flexibility index (Phi) is 18.6. The van der Waals surface area contributed by atoms with Gasteiger partial charge in [0.2, 0.25) is 6.10 Å². The van der Waals surface area contributed by atoms with Crippen LogP contribution in [-0.4, -0.2) is 115 Å². The lowest BCUT2D eigenvalue weighted by molar-refractivity contribution is -0.331. The molecule has 0 N–H and O–H groups in total. The first-order valence-electron chi connectivity index (χ1n) is 21.4. The molecular formula is C46H50F6O16S2. The van der Waals surface area contributed by atoms with Crippen molar-refractivity contribution in [2.75, 3.05) is 20.3 Å². The van der Waals surface area contributed by atoms with Gasteiger partial charge in [-0.15, -0.1) is 0 Å². The van der Waals surface area contributed by atoms with E-state index in [1.165, 1.54) is 13.8 Å². The highest BCUT2D eigenvalue weighted by Crippen LogP contribution is 2.40.